The van der Waals surface area contributed by atoms with Crippen molar-refractivity contribution in [2.75, 3.05) is 12.8 Å². The highest BCUT2D eigenvalue weighted by molar-refractivity contribution is 7.98. The predicted molar refractivity (Wildman–Crippen MR) is 110 cm³/mol. The zero-order valence-corrected chi connectivity index (χ0v) is 17.4. The molecule has 2 heterocycles. The van der Waals surface area contributed by atoms with Crippen LogP contribution in [0, 0.1) is 5.92 Å². The minimum atomic E-state index is -0.385. The molecule has 28 heavy (non-hydrogen) atoms. The third-order valence-electron chi connectivity index (χ3n) is 5.68. The van der Waals surface area contributed by atoms with E-state index >= 15 is 0 Å². The van der Waals surface area contributed by atoms with Gasteiger partial charge in [-0.05, 0) is 37.3 Å². The molecule has 1 aliphatic heterocycles. The maximum atomic E-state index is 12.5. The number of carbonyl (C=O) groups is 2. The Kier molecular flexibility index (Phi) is 5.78. The predicted octanol–water partition coefficient (Wildman–Crippen LogP) is 4.44. The number of fused-ring (bicyclic) bond motifs is 1. The standard InChI is InChI=1S/C21H23ClN2O3S/c1-28-17-7-6-13-8-15(20(22)23-18(13)10-17)12-27-21(26)14-9-19(25)24(11-14)16-4-2-3-5-16/h6-8,10,14,16H,2-5,9,11-12H2,1H3/t14-/m1/s1. The van der Waals surface area contributed by atoms with Crippen LogP contribution in [-0.2, 0) is 20.9 Å². The van der Waals surface area contributed by atoms with Crippen LogP contribution < -0.4 is 0 Å². The number of esters is 1. The van der Waals surface area contributed by atoms with Gasteiger partial charge in [0.2, 0.25) is 5.91 Å². The van der Waals surface area contributed by atoms with Crippen LogP contribution in [0.5, 0.6) is 0 Å². The summed E-state index contributed by atoms with van der Waals surface area (Å²) in [5, 5.41) is 1.30. The quantitative estimate of drug-likeness (QED) is 0.408. The summed E-state index contributed by atoms with van der Waals surface area (Å²) in [5.41, 5.74) is 1.50. The van der Waals surface area contributed by atoms with Crippen molar-refractivity contribution in [2.45, 2.75) is 49.6 Å². The van der Waals surface area contributed by atoms with Gasteiger partial charge in [0.1, 0.15) is 11.8 Å². The highest BCUT2D eigenvalue weighted by Gasteiger charge is 2.39. The van der Waals surface area contributed by atoms with E-state index in [1.807, 2.05) is 35.4 Å². The second-order valence-electron chi connectivity index (χ2n) is 7.49. The maximum absolute atomic E-state index is 12.5. The number of carbonyl (C=O) groups excluding carboxylic acids is 2. The molecule has 1 saturated carbocycles. The molecule has 1 aromatic heterocycles. The van der Waals surface area contributed by atoms with Crippen molar-refractivity contribution in [2.24, 2.45) is 5.92 Å². The largest absolute Gasteiger partial charge is 0.460 e. The molecule has 1 aromatic carbocycles. The number of hydrogen-bond donors (Lipinski definition) is 0. The van der Waals surface area contributed by atoms with E-state index < -0.39 is 0 Å². The molecule has 2 aromatic rings. The number of thioether (sulfide) groups is 1. The molecule has 1 aliphatic carbocycles. The average Bonchev–Trinajstić information content (AvgIpc) is 3.35. The lowest BCUT2D eigenvalue weighted by atomic mass is 10.1. The highest BCUT2D eigenvalue weighted by Crippen LogP contribution is 2.30. The number of rotatable bonds is 5. The van der Waals surface area contributed by atoms with Gasteiger partial charge in [-0.1, -0.05) is 30.5 Å². The van der Waals surface area contributed by atoms with Crippen molar-refractivity contribution in [3.63, 3.8) is 0 Å². The summed E-state index contributed by atoms with van der Waals surface area (Å²) < 4.78 is 5.50. The summed E-state index contributed by atoms with van der Waals surface area (Å²) in [6.45, 7) is 0.544. The first-order valence-corrected chi connectivity index (χ1v) is 11.2. The van der Waals surface area contributed by atoms with E-state index in [1.54, 1.807) is 11.8 Å². The smallest absolute Gasteiger partial charge is 0.311 e. The molecule has 7 heteroatoms. The summed E-state index contributed by atoms with van der Waals surface area (Å²) >= 11 is 7.95. The lowest BCUT2D eigenvalue weighted by molar-refractivity contribution is -0.149. The van der Waals surface area contributed by atoms with Gasteiger partial charge in [-0.2, -0.15) is 0 Å². The van der Waals surface area contributed by atoms with Gasteiger partial charge in [-0.3, -0.25) is 9.59 Å². The van der Waals surface area contributed by atoms with E-state index in [1.165, 1.54) is 0 Å². The van der Waals surface area contributed by atoms with Crippen LogP contribution in [0.4, 0.5) is 0 Å². The monoisotopic (exact) mass is 418 g/mol. The van der Waals surface area contributed by atoms with E-state index in [0.29, 0.717) is 23.3 Å². The van der Waals surface area contributed by atoms with Gasteiger partial charge in [0.25, 0.3) is 0 Å². The number of benzene rings is 1. The minimum absolute atomic E-state index is 0.0685. The fourth-order valence-electron chi connectivity index (χ4n) is 4.12. The lowest BCUT2D eigenvalue weighted by Crippen LogP contribution is -2.35. The molecular formula is C21H23ClN2O3S. The normalized spacial score (nSPS) is 20.3. The number of aromatic nitrogens is 1. The number of ether oxygens (including phenoxy) is 1. The van der Waals surface area contributed by atoms with Crippen molar-refractivity contribution in [1.82, 2.24) is 9.88 Å². The van der Waals surface area contributed by atoms with Crippen LogP contribution in [0.3, 0.4) is 0 Å². The Morgan fingerprint density at radius 3 is 2.86 bits per heavy atom. The van der Waals surface area contributed by atoms with Crippen molar-refractivity contribution >= 4 is 46.1 Å². The fraction of sp³-hybridized carbons (Fsp3) is 0.476. The van der Waals surface area contributed by atoms with Crippen LogP contribution in [0.2, 0.25) is 5.15 Å². The Bertz CT molecular complexity index is 914. The van der Waals surface area contributed by atoms with Gasteiger partial charge in [0.05, 0.1) is 11.4 Å². The van der Waals surface area contributed by atoms with Gasteiger partial charge in [-0.15, -0.1) is 11.8 Å². The molecule has 0 radical (unpaired) electrons. The van der Waals surface area contributed by atoms with Gasteiger partial charge in [-0.25, -0.2) is 4.98 Å². The van der Waals surface area contributed by atoms with Gasteiger partial charge >= 0.3 is 5.97 Å². The van der Waals surface area contributed by atoms with Crippen LogP contribution >= 0.6 is 23.4 Å². The summed E-state index contributed by atoms with van der Waals surface area (Å²) in [6.07, 6.45) is 6.67. The van der Waals surface area contributed by atoms with Crippen LogP contribution in [-0.4, -0.2) is 40.6 Å². The SMILES string of the molecule is CSc1ccc2cc(COC(=O)[C@@H]3CC(=O)N(C4CCCC4)C3)c(Cl)nc2c1. The van der Waals surface area contributed by atoms with Gasteiger partial charge < -0.3 is 9.64 Å². The number of halogens is 1. The van der Waals surface area contributed by atoms with Gasteiger partial charge in [0.15, 0.2) is 0 Å². The number of hydrogen-bond acceptors (Lipinski definition) is 5. The van der Waals surface area contributed by atoms with Gasteiger partial charge in [0, 0.05) is 34.9 Å². The second-order valence-corrected chi connectivity index (χ2v) is 8.73. The number of pyridine rings is 1. The molecule has 1 amide bonds. The molecule has 0 bridgehead atoms. The zero-order valence-electron chi connectivity index (χ0n) is 15.8. The average molecular weight is 419 g/mol. The molecule has 0 spiro atoms. The zero-order chi connectivity index (χ0) is 19.7. The van der Waals surface area contributed by atoms with Crippen molar-refractivity contribution in [3.8, 4) is 0 Å². The molecular weight excluding hydrogens is 396 g/mol. The fourth-order valence-corrected chi connectivity index (χ4v) is 4.75. The first-order valence-electron chi connectivity index (χ1n) is 9.64. The maximum Gasteiger partial charge on any atom is 0.311 e. The number of nitrogens with zero attached hydrogens (tertiary/aromatic N) is 2. The molecule has 0 N–H and O–H groups in total. The van der Waals surface area contributed by atoms with Crippen molar-refractivity contribution < 1.29 is 14.3 Å². The van der Waals surface area contributed by atoms with Crippen molar-refractivity contribution in [3.05, 3.63) is 35.0 Å². The number of likely N-dealkylation sites (tertiary alicyclic amines) is 1. The Morgan fingerprint density at radius 1 is 1.32 bits per heavy atom. The van der Waals surface area contributed by atoms with E-state index in [2.05, 4.69) is 4.98 Å². The molecule has 2 fully saturated rings. The molecule has 5 nitrogen and oxygen atoms in total. The molecule has 1 saturated heterocycles. The molecule has 1 atom stereocenters. The summed E-state index contributed by atoms with van der Waals surface area (Å²) in [4.78, 5) is 32.2. The topological polar surface area (TPSA) is 59.5 Å². The first kappa shape index (κ1) is 19.5. The Balaban J connectivity index is 1.40. The Morgan fingerprint density at radius 2 is 2.11 bits per heavy atom. The minimum Gasteiger partial charge on any atom is -0.460 e. The highest BCUT2D eigenvalue weighted by atomic mass is 35.5. The third kappa shape index (κ3) is 3.98. The Hall–Kier alpha value is -1.79. The van der Waals surface area contributed by atoms with E-state index in [-0.39, 0.29) is 30.8 Å². The van der Waals surface area contributed by atoms with Crippen LogP contribution in [0.15, 0.2) is 29.2 Å². The number of amides is 1. The summed E-state index contributed by atoms with van der Waals surface area (Å²) in [6, 6.07) is 8.22. The molecule has 2 aliphatic rings. The lowest BCUT2D eigenvalue weighted by Gasteiger charge is -2.23. The third-order valence-corrected chi connectivity index (χ3v) is 6.73. The second kappa shape index (κ2) is 8.29. The van der Waals surface area contributed by atoms with Crippen LogP contribution in [0.1, 0.15) is 37.7 Å². The van der Waals surface area contributed by atoms with E-state index in [4.69, 9.17) is 16.3 Å². The molecule has 148 valence electrons. The summed E-state index contributed by atoms with van der Waals surface area (Å²) in [7, 11) is 0. The molecule has 0 unspecified atom stereocenters. The summed E-state index contributed by atoms with van der Waals surface area (Å²) in [5.74, 6) is -0.643. The molecule has 4 rings (SSSR count). The Labute approximate surface area is 173 Å². The van der Waals surface area contributed by atoms with Crippen molar-refractivity contribution in [1.29, 1.82) is 0 Å². The van der Waals surface area contributed by atoms with E-state index in [9.17, 15) is 9.59 Å². The first-order chi connectivity index (χ1) is 13.5. The van der Waals surface area contributed by atoms with E-state index in [0.717, 1.165) is 41.5 Å². The van der Waals surface area contributed by atoms with Crippen LogP contribution in [0.25, 0.3) is 10.9 Å².